The third-order valence-corrected chi connectivity index (χ3v) is 17.7. The van der Waals surface area contributed by atoms with E-state index in [-0.39, 0.29) is 32.2 Å². The van der Waals surface area contributed by atoms with Crippen molar-refractivity contribution in [3.05, 3.63) is 24.3 Å². The fourth-order valence-electron chi connectivity index (χ4n) is 11.8. The van der Waals surface area contributed by atoms with Crippen LogP contribution in [0, 0.1) is 0 Å². The molecule has 0 radical (unpaired) electrons. The highest BCUT2D eigenvalue weighted by atomic mass is 16.7. The maximum atomic E-state index is 13.0. The molecule has 87 heavy (non-hydrogen) atoms. The van der Waals surface area contributed by atoms with E-state index in [1.54, 1.807) is 0 Å². The minimum atomic E-state index is -1.62. The Morgan fingerprint density at radius 1 is 0.345 bits per heavy atom. The number of unbranched alkanes of at least 4 members (excludes halogenated alkanes) is 54. The predicted molar refractivity (Wildman–Crippen MR) is 371 cm³/mol. The number of esters is 2. The summed E-state index contributed by atoms with van der Waals surface area (Å²) in [4.78, 5) is 37.6. The van der Waals surface area contributed by atoms with Gasteiger partial charge in [-0.3, -0.25) is 9.59 Å². The minimum absolute atomic E-state index is 0.152. The molecule has 2 atom stereocenters. The van der Waals surface area contributed by atoms with Gasteiger partial charge in [0.25, 0.3) is 0 Å². The number of nitrogens with zero attached hydrogens (tertiary/aromatic N) is 1. The standard InChI is InChI=1S/C78H149NO8/c1-6-8-10-12-14-16-18-20-22-24-26-28-30-32-34-36-38-40-42-44-46-48-50-52-54-56-58-60-62-64-66-68-75(80)85-72-74(73-86-78(77(82)83)84-71-70-79(3,4)5)87-76(81)69-67-65-63-61-59-57-55-53-51-49-47-45-43-41-39-37-35-33-31-29-27-25-23-21-19-17-15-13-11-9-7-2/h19,21,25,27,74,78H,6-18,20,22-24,26,28-73H2,1-5H3/b21-19-,27-25-. The Bertz CT molecular complexity index is 1480. The van der Waals surface area contributed by atoms with Gasteiger partial charge in [0.1, 0.15) is 13.2 Å². The second kappa shape index (κ2) is 69.7. The van der Waals surface area contributed by atoms with E-state index in [4.69, 9.17) is 18.9 Å². The summed E-state index contributed by atoms with van der Waals surface area (Å²) in [6.45, 7) is 4.82. The number of quaternary nitrogens is 1. The van der Waals surface area contributed by atoms with Crippen LogP contribution in [-0.4, -0.2) is 82.3 Å². The average Bonchev–Trinajstić information content (AvgIpc) is 3.56. The van der Waals surface area contributed by atoms with Crippen molar-refractivity contribution in [2.24, 2.45) is 0 Å². The number of carbonyl (C=O) groups is 3. The first-order valence-corrected chi connectivity index (χ1v) is 38.5. The van der Waals surface area contributed by atoms with Gasteiger partial charge >= 0.3 is 11.9 Å². The number of hydrogen-bond donors (Lipinski definition) is 0. The summed E-state index contributed by atoms with van der Waals surface area (Å²) < 4.78 is 22.9. The van der Waals surface area contributed by atoms with E-state index in [1.165, 1.54) is 327 Å². The molecular formula is C78H149NO8. The fourth-order valence-corrected chi connectivity index (χ4v) is 11.8. The first-order valence-electron chi connectivity index (χ1n) is 38.5. The monoisotopic (exact) mass is 1230 g/mol. The van der Waals surface area contributed by atoms with Gasteiger partial charge in [-0.05, 0) is 44.9 Å². The maximum absolute atomic E-state index is 13.0. The summed E-state index contributed by atoms with van der Waals surface area (Å²) in [5, 5.41) is 11.8. The van der Waals surface area contributed by atoms with Crippen molar-refractivity contribution in [1.82, 2.24) is 0 Å². The van der Waals surface area contributed by atoms with E-state index in [2.05, 4.69) is 38.2 Å². The van der Waals surface area contributed by atoms with Gasteiger partial charge in [-0.2, -0.15) is 0 Å². The van der Waals surface area contributed by atoms with E-state index in [9.17, 15) is 19.5 Å². The molecule has 0 saturated carbocycles. The summed E-state index contributed by atoms with van der Waals surface area (Å²) in [6.07, 6.45) is 84.4. The van der Waals surface area contributed by atoms with Crippen LogP contribution in [-0.2, 0) is 33.3 Å². The van der Waals surface area contributed by atoms with Crippen LogP contribution >= 0.6 is 0 Å². The molecule has 0 spiro atoms. The van der Waals surface area contributed by atoms with Gasteiger partial charge in [-0.25, -0.2) is 0 Å². The summed E-state index contributed by atoms with van der Waals surface area (Å²) >= 11 is 0. The quantitative estimate of drug-likeness (QED) is 0.0195. The molecule has 0 aromatic carbocycles. The van der Waals surface area contributed by atoms with Gasteiger partial charge in [0.2, 0.25) is 0 Å². The Labute approximate surface area is 541 Å². The van der Waals surface area contributed by atoms with Crippen LogP contribution < -0.4 is 5.11 Å². The summed E-state index contributed by atoms with van der Waals surface area (Å²) in [5.74, 6) is -2.25. The molecule has 0 aliphatic heterocycles. The molecule has 0 aromatic heterocycles. The molecule has 9 heteroatoms. The van der Waals surface area contributed by atoms with Crippen LogP contribution in [0.5, 0.6) is 0 Å². The van der Waals surface area contributed by atoms with Crippen molar-refractivity contribution >= 4 is 17.9 Å². The summed E-state index contributed by atoms with van der Waals surface area (Å²) in [6, 6.07) is 0. The van der Waals surface area contributed by atoms with Crippen LogP contribution in [0.3, 0.4) is 0 Å². The van der Waals surface area contributed by atoms with Crippen LogP contribution in [0.25, 0.3) is 0 Å². The van der Waals surface area contributed by atoms with Crippen molar-refractivity contribution in [3.8, 4) is 0 Å². The molecular weight excluding hydrogens is 1080 g/mol. The lowest BCUT2D eigenvalue weighted by atomic mass is 10.0. The van der Waals surface area contributed by atoms with E-state index >= 15 is 0 Å². The molecule has 0 aliphatic carbocycles. The minimum Gasteiger partial charge on any atom is -0.545 e. The van der Waals surface area contributed by atoms with Gasteiger partial charge in [-0.15, -0.1) is 0 Å². The molecule has 2 unspecified atom stereocenters. The number of aliphatic carboxylic acids is 1. The van der Waals surface area contributed by atoms with Crippen molar-refractivity contribution in [2.75, 3.05) is 47.5 Å². The van der Waals surface area contributed by atoms with E-state index in [1.807, 2.05) is 21.1 Å². The van der Waals surface area contributed by atoms with Gasteiger partial charge in [-0.1, -0.05) is 366 Å². The van der Waals surface area contributed by atoms with Crippen molar-refractivity contribution < 1.29 is 42.9 Å². The zero-order chi connectivity index (χ0) is 63.3. The number of rotatable bonds is 73. The largest absolute Gasteiger partial charge is 0.545 e. The molecule has 514 valence electrons. The molecule has 0 heterocycles. The molecule has 0 N–H and O–H groups in total. The average molecular weight is 1230 g/mol. The fraction of sp³-hybridized carbons (Fsp3) is 0.910. The highest BCUT2D eigenvalue weighted by Crippen LogP contribution is 2.20. The molecule has 0 rings (SSSR count). The third kappa shape index (κ3) is 71.1. The molecule has 9 nitrogen and oxygen atoms in total. The summed E-state index contributed by atoms with van der Waals surface area (Å²) in [7, 11) is 5.95. The zero-order valence-electron chi connectivity index (χ0n) is 58.9. The smallest absolute Gasteiger partial charge is 0.306 e. The number of likely N-dealkylation sites (N-methyl/N-ethyl adjacent to an activating group) is 1. The zero-order valence-corrected chi connectivity index (χ0v) is 58.9. The van der Waals surface area contributed by atoms with Crippen molar-refractivity contribution in [3.63, 3.8) is 0 Å². The van der Waals surface area contributed by atoms with Gasteiger partial charge in [0.15, 0.2) is 12.4 Å². The molecule has 0 fully saturated rings. The second-order valence-electron chi connectivity index (χ2n) is 27.7. The highest BCUT2D eigenvalue weighted by molar-refractivity contribution is 5.70. The number of carboxylic acids is 1. The lowest BCUT2D eigenvalue weighted by molar-refractivity contribution is -0.870. The molecule has 0 aliphatic rings. The van der Waals surface area contributed by atoms with Gasteiger partial charge in [0, 0.05) is 12.8 Å². The Morgan fingerprint density at radius 2 is 0.621 bits per heavy atom. The van der Waals surface area contributed by atoms with Gasteiger partial charge in [0.05, 0.1) is 40.3 Å². The van der Waals surface area contributed by atoms with E-state index < -0.39 is 24.3 Å². The first-order chi connectivity index (χ1) is 42.6. The van der Waals surface area contributed by atoms with Crippen molar-refractivity contribution in [2.45, 2.75) is 411 Å². The predicted octanol–water partition coefficient (Wildman–Crippen LogP) is 22.8. The summed E-state index contributed by atoms with van der Waals surface area (Å²) in [5.41, 5.74) is 0. The Morgan fingerprint density at radius 3 is 0.908 bits per heavy atom. The lowest BCUT2D eigenvalue weighted by Gasteiger charge is -2.26. The molecule has 0 aromatic rings. The highest BCUT2D eigenvalue weighted by Gasteiger charge is 2.22. The second-order valence-corrected chi connectivity index (χ2v) is 27.7. The van der Waals surface area contributed by atoms with Crippen LogP contribution in [0.4, 0.5) is 0 Å². The number of allylic oxidation sites excluding steroid dienone is 4. The molecule has 0 amide bonds. The normalized spacial score (nSPS) is 12.7. The first kappa shape index (κ1) is 84.8. The Hall–Kier alpha value is -2.23. The van der Waals surface area contributed by atoms with Crippen LogP contribution in [0.15, 0.2) is 24.3 Å². The number of ether oxygens (including phenoxy) is 4. The van der Waals surface area contributed by atoms with Crippen molar-refractivity contribution in [1.29, 1.82) is 0 Å². The van der Waals surface area contributed by atoms with Crippen LogP contribution in [0.2, 0.25) is 0 Å². The van der Waals surface area contributed by atoms with Crippen LogP contribution in [0.1, 0.15) is 399 Å². The topological polar surface area (TPSA) is 111 Å². The molecule has 0 saturated heterocycles. The maximum Gasteiger partial charge on any atom is 0.306 e. The Balaban J connectivity index is 4.00. The lowest BCUT2D eigenvalue weighted by Crippen LogP contribution is -2.44. The molecule has 0 bridgehead atoms. The Kier molecular flexibility index (Phi) is 67.9. The van der Waals surface area contributed by atoms with Gasteiger partial charge < -0.3 is 33.3 Å². The SMILES string of the molecule is CCCCCCC/C=C\C/C=C\CCCCCCCCCCCCCCCCCCCCCC(=O)OC(COC(=O)CCCCCCCCCCCCCCCCCCCCCCCCCCCCCCCCC)COC(OCC[N+](C)(C)C)C(=O)[O-]. The van der Waals surface area contributed by atoms with E-state index in [0.717, 1.165) is 44.9 Å². The number of hydrogen-bond acceptors (Lipinski definition) is 8. The third-order valence-electron chi connectivity index (χ3n) is 17.7. The number of carbonyl (C=O) groups excluding carboxylic acids is 3. The number of carboxylic acid groups (broad SMARTS) is 1. The van der Waals surface area contributed by atoms with E-state index in [0.29, 0.717) is 17.4 Å².